The van der Waals surface area contributed by atoms with Crippen LogP contribution in [0.2, 0.25) is 0 Å². The molecule has 0 aliphatic rings. The van der Waals surface area contributed by atoms with Crippen molar-refractivity contribution in [3.63, 3.8) is 0 Å². The Bertz CT molecular complexity index is 937. The molecule has 0 radical (unpaired) electrons. The number of unbranched alkanes of at least 4 members (excludes halogenated alkanes) is 2. The first-order valence-corrected chi connectivity index (χ1v) is 9.76. The van der Waals surface area contributed by atoms with Crippen LogP contribution in [0.15, 0.2) is 30.3 Å². The SMILES string of the molecule is CCC(=O)CCCCC[C@H](N)c1nc(-c2cc3ccccc3nc2OC)n[nH]1. The molecule has 3 aromatic rings. The zero-order valence-electron chi connectivity index (χ0n) is 16.4. The molecule has 0 fully saturated rings. The van der Waals surface area contributed by atoms with E-state index < -0.39 is 0 Å². The number of fused-ring (bicyclic) bond motifs is 1. The summed E-state index contributed by atoms with van der Waals surface area (Å²) in [6.07, 6.45) is 4.93. The Kier molecular flexibility index (Phi) is 6.71. The summed E-state index contributed by atoms with van der Waals surface area (Å²) in [7, 11) is 1.59. The second kappa shape index (κ2) is 9.41. The molecule has 0 spiro atoms. The van der Waals surface area contributed by atoms with E-state index in [0.717, 1.165) is 42.1 Å². The Balaban J connectivity index is 1.66. The van der Waals surface area contributed by atoms with E-state index in [4.69, 9.17) is 10.5 Å². The molecular weight excluding hydrogens is 354 g/mol. The standard InChI is InChI=1S/C21H27N5O2/c1-3-15(27)10-5-4-6-11-17(22)20-24-19(25-26-20)16-13-14-9-7-8-12-18(14)23-21(16)28-2/h7-9,12-13,17H,3-6,10-11,22H2,1-2H3,(H,24,25,26)/t17-/m0/s1. The minimum absolute atomic E-state index is 0.220. The molecule has 3 rings (SSSR count). The number of hydrogen-bond acceptors (Lipinski definition) is 6. The molecule has 0 unspecified atom stereocenters. The minimum atomic E-state index is -0.220. The van der Waals surface area contributed by atoms with Crippen LogP contribution in [-0.4, -0.2) is 33.1 Å². The predicted octanol–water partition coefficient (Wildman–Crippen LogP) is 3.96. The minimum Gasteiger partial charge on any atom is -0.480 e. The van der Waals surface area contributed by atoms with Gasteiger partial charge in [-0.25, -0.2) is 9.97 Å². The van der Waals surface area contributed by atoms with Crippen molar-refractivity contribution in [1.29, 1.82) is 0 Å². The predicted molar refractivity (Wildman–Crippen MR) is 109 cm³/mol. The summed E-state index contributed by atoms with van der Waals surface area (Å²) in [4.78, 5) is 20.4. The van der Waals surface area contributed by atoms with Gasteiger partial charge in [-0.2, -0.15) is 5.10 Å². The zero-order valence-corrected chi connectivity index (χ0v) is 16.4. The van der Waals surface area contributed by atoms with E-state index in [2.05, 4.69) is 20.2 Å². The second-order valence-corrected chi connectivity index (χ2v) is 6.88. The fraction of sp³-hybridized carbons (Fsp3) is 0.429. The highest BCUT2D eigenvalue weighted by atomic mass is 16.5. The average Bonchev–Trinajstić information content (AvgIpc) is 3.22. The quantitative estimate of drug-likeness (QED) is 0.515. The summed E-state index contributed by atoms with van der Waals surface area (Å²) >= 11 is 0. The highest BCUT2D eigenvalue weighted by molar-refractivity contribution is 5.84. The van der Waals surface area contributed by atoms with Gasteiger partial charge in [0, 0.05) is 18.2 Å². The number of methoxy groups -OCH3 is 1. The number of hydrogen-bond donors (Lipinski definition) is 2. The fourth-order valence-electron chi connectivity index (χ4n) is 3.15. The molecule has 0 saturated heterocycles. The van der Waals surface area contributed by atoms with Gasteiger partial charge in [0.1, 0.15) is 11.6 Å². The van der Waals surface area contributed by atoms with Crippen molar-refractivity contribution in [1.82, 2.24) is 20.2 Å². The van der Waals surface area contributed by atoms with E-state index in [-0.39, 0.29) is 6.04 Å². The number of carbonyl (C=O) groups excluding carboxylic acids is 1. The lowest BCUT2D eigenvalue weighted by Crippen LogP contribution is -2.12. The van der Waals surface area contributed by atoms with Crippen molar-refractivity contribution in [2.75, 3.05) is 7.11 Å². The van der Waals surface area contributed by atoms with Crippen LogP contribution in [0.4, 0.5) is 0 Å². The van der Waals surface area contributed by atoms with Gasteiger partial charge in [-0.15, -0.1) is 0 Å². The van der Waals surface area contributed by atoms with Gasteiger partial charge < -0.3 is 10.5 Å². The fourth-order valence-corrected chi connectivity index (χ4v) is 3.15. The third-order valence-corrected chi connectivity index (χ3v) is 4.84. The molecule has 148 valence electrons. The van der Waals surface area contributed by atoms with Crippen LogP contribution < -0.4 is 10.5 Å². The van der Waals surface area contributed by atoms with Gasteiger partial charge >= 0.3 is 0 Å². The van der Waals surface area contributed by atoms with E-state index in [0.29, 0.717) is 36.2 Å². The molecule has 1 atom stereocenters. The van der Waals surface area contributed by atoms with Crippen LogP contribution >= 0.6 is 0 Å². The summed E-state index contributed by atoms with van der Waals surface area (Å²) in [6, 6.07) is 9.60. The van der Waals surface area contributed by atoms with Crippen LogP contribution in [0.5, 0.6) is 5.88 Å². The summed E-state index contributed by atoms with van der Waals surface area (Å²) in [5.74, 6) is 1.98. The Morgan fingerprint density at radius 1 is 1.21 bits per heavy atom. The normalized spacial score (nSPS) is 12.2. The van der Waals surface area contributed by atoms with Crippen molar-refractivity contribution < 1.29 is 9.53 Å². The number of ether oxygens (including phenoxy) is 1. The average molecular weight is 381 g/mol. The van der Waals surface area contributed by atoms with Crippen molar-refractivity contribution in [2.24, 2.45) is 5.73 Å². The van der Waals surface area contributed by atoms with Crippen LogP contribution in [0.3, 0.4) is 0 Å². The van der Waals surface area contributed by atoms with Gasteiger partial charge in [0.25, 0.3) is 0 Å². The number of pyridine rings is 1. The molecule has 1 aromatic carbocycles. The number of Topliss-reactive ketones (excluding diaryl/α,β-unsaturated/α-hetero) is 1. The molecule has 2 heterocycles. The molecule has 2 aromatic heterocycles. The third kappa shape index (κ3) is 4.72. The molecule has 28 heavy (non-hydrogen) atoms. The van der Waals surface area contributed by atoms with E-state index in [1.54, 1.807) is 7.11 Å². The molecule has 7 nitrogen and oxygen atoms in total. The number of rotatable bonds is 10. The van der Waals surface area contributed by atoms with Gasteiger partial charge in [0.2, 0.25) is 5.88 Å². The number of nitrogens with zero attached hydrogens (tertiary/aromatic N) is 3. The Labute approximate surface area is 164 Å². The number of aromatic amines is 1. The Hall–Kier alpha value is -2.80. The number of H-pyrrole nitrogens is 1. The molecular formula is C21H27N5O2. The highest BCUT2D eigenvalue weighted by Crippen LogP contribution is 2.30. The van der Waals surface area contributed by atoms with Gasteiger partial charge in [0.05, 0.1) is 24.2 Å². The van der Waals surface area contributed by atoms with Gasteiger partial charge in [-0.3, -0.25) is 9.89 Å². The van der Waals surface area contributed by atoms with Crippen LogP contribution in [-0.2, 0) is 4.79 Å². The van der Waals surface area contributed by atoms with Crippen molar-refractivity contribution in [3.8, 4) is 17.3 Å². The monoisotopic (exact) mass is 381 g/mol. The molecule has 7 heteroatoms. The maximum atomic E-state index is 11.3. The second-order valence-electron chi connectivity index (χ2n) is 6.88. The first-order chi connectivity index (χ1) is 13.6. The number of aromatic nitrogens is 4. The van der Waals surface area contributed by atoms with Crippen LogP contribution in [0.25, 0.3) is 22.3 Å². The number of nitrogens with two attached hydrogens (primary N) is 1. The van der Waals surface area contributed by atoms with E-state index >= 15 is 0 Å². The van der Waals surface area contributed by atoms with Gasteiger partial charge in [-0.05, 0) is 25.0 Å². The highest BCUT2D eigenvalue weighted by Gasteiger charge is 2.17. The number of para-hydroxylation sites is 1. The summed E-state index contributed by atoms with van der Waals surface area (Å²) in [5.41, 5.74) is 7.86. The number of benzene rings is 1. The van der Waals surface area contributed by atoms with E-state index in [1.165, 1.54) is 0 Å². The largest absolute Gasteiger partial charge is 0.480 e. The Morgan fingerprint density at radius 2 is 2.04 bits per heavy atom. The lowest BCUT2D eigenvalue weighted by Gasteiger charge is -2.08. The first kappa shape index (κ1) is 19.9. The van der Waals surface area contributed by atoms with Gasteiger partial charge in [-0.1, -0.05) is 38.0 Å². The van der Waals surface area contributed by atoms with E-state index in [1.807, 2.05) is 37.3 Å². The summed E-state index contributed by atoms with van der Waals surface area (Å²) < 4.78 is 5.43. The molecule has 0 amide bonds. The lowest BCUT2D eigenvalue weighted by molar-refractivity contribution is -0.118. The maximum Gasteiger partial charge on any atom is 0.225 e. The van der Waals surface area contributed by atoms with Crippen LogP contribution in [0, 0.1) is 0 Å². The Morgan fingerprint density at radius 3 is 2.82 bits per heavy atom. The maximum absolute atomic E-state index is 11.3. The molecule has 0 aliphatic heterocycles. The number of ketones is 1. The smallest absolute Gasteiger partial charge is 0.225 e. The molecule has 0 saturated carbocycles. The van der Waals surface area contributed by atoms with Gasteiger partial charge in [0.15, 0.2) is 5.82 Å². The number of carbonyl (C=O) groups is 1. The van der Waals surface area contributed by atoms with Crippen LogP contribution in [0.1, 0.15) is 57.3 Å². The van der Waals surface area contributed by atoms with Crippen molar-refractivity contribution >= 4 is 16.7 Å². The molecule has 3 N–H and O–H groups in total. The zero-order chi connectivity index (χ0) is 19.9. The lowest BCUT2D eigenvalue weighted by atomic mass is 10.1. The summed E-state index contributed by atoms with van der Waals surface area (Å²) in [5, 5.41) is 8.26. The van der Waals surface area contributed by atoms with Crippen molar-refractivity contribution in [2.45, 2.75) is 51.5 Å². The molecule has 0 bridgehead atoms. The van der Waals surface area contributed by atoms with E-state index in [9.17, 15) is 4.79 Å². The molecule has 0 aliphatic carbocycles. The first-order valence-electron chi connectivity index (χ1n) is 9.76. The summed E-state index contributed by atoms with van der Waals surface area (Å²) in [6.45, 7) is 1.90. The third-order valence-electron chi connectivity index (χ3n) is 4.84. The number of nitrogens with one attached hydrogen (secondary N) is 1. The topological polar surface area (TPSA) is 107 Å². The van der Waals surface area contributed by atoms with Crippen molar-refractivity contribution in [3.05, 3.63) is 36.2 Å².